The normalized spacial score (nSPS) is 19.5. The summed E-state index contributed by atoms with van der Waals surface area (Å²) >= 11 is 0. The van der Waals surface area contributed by atoms with Crippen LogP contribution in [0.25, 0.3) is 0 Å². The summed E-state index contributed by atoms with van der Waals surface area (Å²) in [6.07, 6.45) is 3.30. The van der Waals surface area contributed by atoms with Crippen LogP contribution < -0.4 is 5.43 Å². The van der Waals surface area contributed by atoms with Gasteiger partial charge in [-0.3, -0.25) is 0 Å². The van der Waals surface area contributed by atoms with Crippen LogP contribution >= 0.6 is 0 Å². The van der Waals surface area contributed by atoms with Gasteiger partial charge in [0.15, 0.2) is 0 Å². The van der Waals surface area contributed by atoms with E-state index in [1.54, 1.807) is 12.5 Å². The van der Waals surface area contributed by atoms with E-state index in [1.807, 2.05) is 6.07 Å². The molecule has 2 rings (SSSR count). The van der Waals surface area contributed by atoms with Gasteiger partial charge in [0, 0.05) is 38.4 Å². The number of rotatable bonds is 2. The largest absolute Gasteiger partial charge is 0.304 e. The summed E-state index contributed by atoms with van der Waals surface area (Å²) in [5.41, 5.74) is 3.26. The summed E-state index contributed by atoms with van der Waals surface area (Å²) in [7, 11) is 2.14. The van der Waals surface area contributed by atoms with Crippen LogP contribution in [0, 0.1) is 0 Å². The Morgan fingerprint density at radius 1 is 1.29 bits per heavy atom. The molecule has 5 nitrogen and oxygen atoms in total. The van der Waals surface area contributed by atoms with Gasteiger partial charge in [-0.15, -0.1) is 0 Å². The highest BCUT2D eigenvalue weighted by atomic mass is 15.5. The summed E-state index contributed by atoms with van der Waals surface area (Å²) < 4.78 is 0. The molecule has 14 heavy (non-hydrogen) atoms. The quantitative estimate of drug-likeness (QED) is 0.719. The maximum atomic E-state index is 4.11. The van der Waals surface area contributed by atoms with Crippen LogP contribution in [0.15, 0.2) is 18.6 Å². The number of anilines is 1. The Labute approximate surface area is 83.7 Å². The molecular weight excluding hydrogens is 178 g/mol. The molecule has 1 saturated heterocycles. The number of hydrazine groups is 1. The van der Waals surface area contributed by atoms with E-state index in [1.165, 1.54) is 0 Å². The first-order valence-corrected chi connectivity index (χ1v) is 4.81. The van der Waals surface area contributed by atoms with Gasteiger partial charge < -0.3 is 10.3 Å². The molecule has 0 aromatic carbocycles. The minimum atomic E-state index is 0.865. The van der Waals surface area contributed by atoms with E-state index >= 15 is 0 Å². The van der Waals surface area contributed by atoms with Crippen LogP contribution in [-0.2, 0) is 0 Å². The van der Waals surface area contributed by atoms with Gasteiger partial charge in [0.25, 0.3) is 0 Å². The van der Waals surface area contributed by atoms with Crippen LogP contribution in [-0.4, -0.2) is 53.1 Å². The van der Waals surface area contributed by atoms with Gasteiger partial charge in [0.1, 0.15) is 12.1 Å². The van der Waals surface area contributed by atoms with Gasteiger partial charge in [0.05, 0.1) is 0 Å². The highest BCUT2D eigenvalue weighted by Crippen LogP contribution is 2.03. The minimum Gasteiger partial charge on any atom is -0.304 e. The van der Waals surface area contributed by atoms with Crippen molar-refractivity contribution in [2.24, 2.45) is 0 Å². The Balaban J connectivity index is 1.87. The van der Waals surface area contributed by atoms with Crippen LogP contribution in [0.2, 0.25) is 0 Å². The Kier molecular flexibility index (Phi) is 2.90. The van der Waals surface area contributed by atoms with Crippen LogP contribution in [0.1, 0.15) is 0 Å². The number of nitrogens with one attached hydrogen (secondary N) is 1. The smallest absolute Gasteiger partial charge is 0.143 e. The molecule has 0 saturated carbocycles. The molecule has 1 aliphatic heterocycles. The number of aromatic nitrogens is 2. The number of nitrogens with zero attached hydrogens (tertiary/aromatic N) is 4. The summed E-state index contributed by atoms with van der Waals surface area (Å²) in [4.78, 5) is 10.3. The summed E-state index contributed by atoms with van der Waals surface area (Å²) in [5, 5.41) is 2.18. The van der Waals surface area contributed by atoms with Gasteiger partial charge in [-0.1, -0.05) is 0 Å². The van der Waals surface area contributed by atoms with Gasteiger partial charge in [0.2, 0.25) is 0 Å². The monoisotopic (exact) mass is 193 g/mol. The highest BCUT2D eigenvalue weighted by molar-refractivity contribution is 5.30. The van der Waals surface area contributed by atoms with Crippen molar-refractivity contribution in [3.8, 4) is 0 Å². The van der Waals surface area contributed by atoms with E-state index in [0.29, 0.717) is 0 Å². The number of likely N-dealkylation sites (N-methyl/N-ethyl adjacent to an activating group) is 1. The first kappa shape index (κ1) is 9.36. The third kappa shape index (κ3) is 2.40. The van der Waals surface area contributed by atoms with Gasteiger partial charge in [-0.25, -0.2) is 15.0 Å². The molecule has 1 N–H and O–H groups in total. The maximum Gasteiger partial charge on any atom is 0.143 e. The zero-order chi connectivity index (χ0) is 9.80. The van der Waals surface area contributed by atoms with Crippen molar-refractivity contribution in [1.29, 1.82) is 0 Å². The fourth-order valence-electron chi connectivity index (χ4n) is 1.44. The number of hydrogen-bond donors (Lipinski definition) is 1. The SMILES string of the molecule is CN1CCN(Nc2ccncn2)CC1. The number of piperazine rings is 1. The van der Waals surface area contributed by atoms with Crippen molar-refractivity contribution in [2.75, 3.05) is 38.7 Å². The molecule has 1 fully saturated rings. The van der Waals surface area contributed by atoms with Crippen molar-refractivity contribution in [1.82, 2.24) is 19.9 Å². The molecule has 0 atom stereocenters. The van der Waals surface area contributed by atoms with Crippen molar-refractivity contribution in [2.45, 2.75) is 0 Å². The van der Waals surface area contributed by atoms with Gasteiger partial charge >= 0.3 is 0 Å². The van der Waals surface area contributed by atoms with E-state index in [-0.39, 0.29) is 0 Å². The minimum absolute atomic E-state index is 0.865. The highest BCUT2D eigenvalue weighted by Gasteiger charge is 2.13. The molecule has 1 aromatic rings. The lowest BCUT2D eigenvalue weighted by atomic mass is 10.4. The second-order valence-electron chi connectivity index (χ2n) is 3.50. The Morgan fingerprint density at radius 2 is 2.07 bits per heavy atom. The fourth-order valence-corrected chi connectivity index (χ4v) is 1.44. The van der Waals surface area contributed by atoms with Crippen molar-refractivity contribution in [3.05, 3.63) is 18.6 Å². The maximum absolute atomic E-state index is 4.11. The molecule has 1 aliphatic rings. The molecule has 0 aliphatic carbocycles. The van der Waals surface area contributed by atoms with Crippen LogP contribution in [0.5, 0.6) is 0 Å². The molecule has 0 amide bonds. The Hall–Kier alpha value is -1.20. The van der Waals surface area contributed by atoms with E-state index < -0.39 is 0 Å². The van der Waals surface area contributed by atoms with Gasteiger partial charge in [-0.2, -0.15) is 0 Å². The molecule has 5 heteroatoms. The summed E-state index contributed by atoms with van der Waals surface area (Å²) in [6, 6.07) is 1.87. The predicted molar refractivity (Wildman–Crippen MR) is 54.7 cm³/mol. The van der Waals surface area contributed by atoms with Crippen molar-refractivity contribution >= 4 is 5.82 Å². The lowest BCUT2D eigenvalue weighted by Gasteiger charge is -2.32. The molecule has 0 spiro atoms. The topological polar surface area (TPSA) is 44.3 Å². The zero-order valence-corrected chi connectivity index (χ0v) is 8.35. The molecular formula is C9H15N5. The second kappa shape index (κ2) is 4.34. The van der Waals surface area contributed by atoms with E-state index in [9.17, 15) is 0 Å². The molecule has 0 radical (unpaired) electrons. The van der Waals surface area contributed by atoms with E-state index in [4.69, 9.17) is 0 Å². The molecule has 2 heterocycles. The average molecular weight is 193 g/mol. The molecule has 0 bridgehead atoms. The Bertz CT molecular complexity index is 268. The summed E-state index contributed by atoms with van der Waals surface area (Å²) in [5.74, 6) is 0.865. The lowest BCUT2D eigenvalue weighted by Crippen LogP contribution is -2.47. The average Bonchev–Trinajstić information content (AvgIpc) is 2.23. The lowest BCUT2D eigenvalue weighted by molar-refractivity contribution is 0.178. The van der Waals surface area contributed by atoms with Crippen LogP contribution in [0.3, 0.4) is 0 Å². The predicted octanol–water partition coefficient (Wildman–Crippen LogP) is 0.0509. The third-order valence-corrected chi connectivity index (χ3v) is 2.36. The second-order valence-corrected chi connectivity index (χ2v) is 3.50. The molecule has 0 unspecified atom stereocenters. The molecule has 1 aromatic heterocycles. The molecule has 76 valence electrons. The van der Waals surface area contributed by atoms with Crippen LogP contribution in [0.4, 0.5) is 5.82 Å². The van der Waals surface area contributed by atoms with E-state index in [0.717, 1.165) is 32.0 Å². The fraction of sp³-hybridized carbons (Fsp3) is 0.556. The first-order chi connectivity index (χ1) is 6.84. The first-order valence-electron chi connectivity index (χ1n) is 4.81. The van der Waals surface area contributed by atoms with Crippen molar-refractivity contribution in [3.63, 3.8) is 0 Å². The summed E-state index contributed by atoms with van der Waals surface area (Å²) in [6.45, 7) is 4.25. The van der Waals surface area contributed by atoms with E-state index in [2.05, 4.69) is 32.4 Å². The Morgan fingerprint density at radius 3 is 2.71 bits per heavy atom. The standard InChI is InChI=1S/C9H15N5/c1-13-4-6-14(7-5-13)12-9-2-3-10-8-11-9/h2-3,8H,4-7H2,1H3,(H,10,11,12). The number of hydrogen-bond acceptors (Lipinski definition) is 5. The van der Waals surface area contributed by atoms with Crippen molar-refractivity contribution < 1.29 is 0 Å². The van der Waals surface area contributed by atoms with Gasteiger partial charge in [-0.05, 0) is 7.05 Å². The zero-order valence-electron chi connectivity index (χ0n) is 8.35. The third-order valence-electron chi connectivity index (χ3n) is 2.36.